The maximum Gasteiger partial charge on any atom is 0.420 e. The van der Waals surface area contributed by atoms with Crippen molar-refractivity contribution in [3.8, 4) is 11.3 Å². The molecule has 3 aromatic rings. The summed E-state index contributed by atoms with van der Waals surface area (Å²) >= 11 is 3.20. The molecular formula is C16H8BrF3O2. The van der Waals surface area contributed by atoms with Gasteiger partial charge in [0.1, 0.15) is 5.56 Å². The van der Waals surface area contributed by atoms with E-state index in [4.69, 9.17) is 4.42 Å². The molecule has 0 unspecified atom stereocenters. The van der Waals surface area contributed by atoms with Crippen LogP contribution in [0.5, 0.6) is 0 Å². The van der Waals surface area contributed by atoms with Crippen LogP contribution < -0.4 is 5.63 Å². The molecule has 2 aromatic carbocycles. The summed E-state index contributed by atoms with van der Waals surface area (Å²) in [6.07, 6.45) is -4.64. The van der Waals surface area contributed by atoms with E-state index < -0.39 is 23.1 Å². The summed E-state index contributed by atoms with van der Waals surface area (Å²) in [5.41, 5.74) is -1.55. The molecule has 0 atom stereocenters. The van der Waals surface area contributed by atoms with Gasteiger partial charge < -0.3 is 4.42 Å². The van der Waals surface area contributed by atoms with Gasteiger partial charge in [-0.3, -0.25) is 0 Å². The van der Waals surface area contributed by atoms with Crippen molar-refractivity contribution in [1.29, 1.82) is 0 Å². The zero-order valence-corrected chi connectivity index (χ0v) is 12.5. The minimum atomic E-state index is -4.64. The molecule has 0 radical (unpaired) electrons. The van der Waals surface area contributed by atoms with E-state index in [1.807, 2.05) is 0 Å². The lowest BCUT2D eigenvalue weighted by atomic mass is 10.0. The summed E-state index contributed by atoms with van der Waals surface area (Å²) in [4.78, 5) is 12.0. The molecule has 0 saturated heterocycles. The molecule has 22 heavy (non-hydrogen) atoms. The first kappa shape index (κ1) is 14.8. The van der Waals surface area contributed by atoms with E-state index in [0.717, 1.165) is 0 Å². The minimum absolute atomic E-state index is 0.0893. The molecule has 0 aliphatic heterocycles. The highest BCUT2D eigenvalue weighted by Gasteiger charge is 2.38. The number of benzene rings is 2. The second-order valence-electron chi connectivity index (χ2n) is 4.65. The summed E-state index contributed by atoms with van der Waals surface area (Å²) in [7, 11) is 0. The van der Waals surface area contributed by atoms with E-state index in [9.17, 15) is 18.0 Å². The van der Waals surface area contributed by atoms with E-state index in [1.165, 1.54) is 36.4 Å². The van der Waals surface area contributed by atoms with Crippen LogP contribution in [0.25, 0.3) is 22.1 Å². The second kappa shape index (κ2) is 5.28. The van der Waals surface area contributed by atoms with Gasteiger partial charge in [0.25, 0.3) is 0 Å². The molecular weight excluding hydrogens is 361 g/mol. The van der Waals surface area contributed by atoms with Crippen molar-refractivity contribution in [1.82, 2.24) is 0 Å². The maximum absolute atomic E-state index is 13.5. The van der Waals surface area contributed by atoms with Gasteiger partial charge in [-0.15, -0.1) is 0 Å². The van der Waals surface area contributed by atoms with E-state index in [-0.39, 0.29) is 16.3 Å². The molecule has 0 bridgehead atoms. The fourth-order valence-corrected chi connectivity index (χ4v) is 2.71. The lowest BCUT2D eigenvalue weighted by Gasteiger charge is -2.14. The normalized spacial score (nSPS) is 11.8. The Morgan fingerprint density at radius 2 is 1.64 bits per heavy atom. The Balaban J connectivity index is 2.47. The van der Waals surface area contributed by atoms with Crippen molar-refractivity contribution in [3.05, 3.63) is 69.0 Å². The zero-order chi connectivity index (χ0) is 15.9. The lowest BCUT2D eigenvalue weighted by molar-refractivity contribution is -0.136. The fraction of sp³-hybridized carbons (Fsp3) is 0.0625. The van der Waals surface area contributed by atoms with Crippen molar-refractivity contribution >= 4 is 26.7 Å². The molecule has 0 amide bonds. The van der Waals surface area contributed by atoms with E-state index in [2.05, 4.69) is 15.9 Å². The molecule has 0 fully saturated rings. The third-order valence-electron chi connectivity index (χ3n) is 3.21. The molecule has 0 N–H and O–H groups in total. The number of hydrogen-bond acceptors (Lipinski definition) is 2. The zero-order valence-electron chi connectivity index (χ0n) is 10.9. The Morgan fingerprint density at radius 1 is 0.955 bits per heavy atom. The number of alkyl halides is 3. The van der Waals surface area contributed by atoms with Gasteiger partial charge >= 0.3 is 11.8 Å². The first-order chi connectivity index (χ1) is 10.4. The van der Waals surface area contributed by atoms with Crippen LogP contribution in [0.1, 0.15) is 5.56 Å². The van der Waals surface area contributed by atoms with Gasteiger partial charge in [-0.1, -0.05) is 46.3 Å². The SMILES string of the molecule is O=c1oc(-c2cccc(Br)c2)c(C(F)(F)F)c2ccccc12. The predicted molar refractivity (Wildman–Crippen MR) is 80.6 cm³/mol. The van der Waals surface area contributed by atoms with Crippen LogP contribution in [0.3, 0.4) is 0 Å². The highest BCUT2D eigenvalue weighted by Crippen LogP contribution is 2.40. The Bertz CT molecular complexity index is 913. The Morgan fingerprint density at radius 3 is 2.27 bits per heavy atom. The van der Waals surface area contributed by atoms with Crippen LogP contribution in [0, 0.1) is 0 Å². The molecule has 1 aromatic heterocycles. The van der Waals surface area contributed by atoms with Gasteiger partial charge in [-0.05, 0) is 18.2 Å². The number of hydrogen-bond donors (Lipinski definition) is 0. The van der Waals surface area contributed by atoms with Gasteiger partial charge in [0.05, 0.1) is 5.39 Å². The molecule has 0 aliphatic carbocycles. The largest absolute Gasteiger partial charge is 0.422 e. The van der Waals surface area contributed by atoms with Crippen LogP contribution in [-0.4, -0.2) is 0 Å². The average Bonchev–Trinajstić information content (AvgIpc) is 2.46. The monoisotopic (exact) mass is 368 g/mol. The quantitative estimate of drug-likeness (QED) is 0.587. The number of halogens is 4. The number of fused-ring (bicyclic) bond motifs is 1. The maximum atomic E-state index is 13.5. The number of rotatable bonds is 1. The van der Waals surface area contributed by atoms with Crippen molar-refractivity contribution in [3.63, 3.8) is 0 Å². The third-order valence-corrected chi connectivity index (χ3v) is 3.70. The van der Waals surface area contributed by atoms with E-state index in [0.29, 0.717) is 4.47 Å². The van der Waals surface area contributed by atoms with Crippen molar-refractivity contribution in [2.75, 3.05) is 0 Å². The predicted octanol–water partition coefficient (Wildman–Crippen LogP) is 5.24. The molecule has 0 aliphatic rings. The highest BCUT2D eigenvalue weighted by molar-refractivity contribution is 9.10. The van der Waals surface area contributed by atoms with Gasteiger partial charge in [-0.25, -0.2) is 4.79 Å². The van der Waals surface area contributed by atoms with Gasteiger partial charge in [0.15, 0.2) is 5.76 Å². The van der Waals surface area contributed by atoms with Gasteiger partial charge in [0, 0.05) is 15.4 Å². The Hall–Kier alpha value is -2.08. The fourth-order valence-electron chi connectivity index (χ4n) is 2.31. The minimum Gasteiger partial charge on any atom is -0.422 e. The molecule has 0 saturated carbocycles. The summed E-state index contributed by atoms with van der Waals surface area (Å²) in [6, 6.07) is 11.7. The Labute approximate surface area is 131 Å². The van der Waals surface area contributed by atoms with Crippen molar-refractivity contribution < 1.29 is 17.6 Å². The van der Waals surface area contributed by atoms with Crippen LogP contribution in [0.4, 0.5) is 13.2 Å². The first-order valence-electron chi connectivity index (χ1n) is 6.27. The molecule has 3 rings (SSSR count). The van der Waals surface area contributed by atoms with Gasteiger partial charge in [-0.2, -0.15) is 13.2 Å². The molecule has 1 heterocycles. The Kier molecular flexibility index (Phi) is 3.56. The first-order valence-corrected chi connectivity index (χ1v) is 7.06. The van der Waals surface area contributed by atoms with E-state index >= 15 is 0 Å². The molecule has 112 valence electrons. The summed E-state index contributed by atoms with van der Waals surface area (Å²) < 4.78 is 46.2. The summed E-state index contributed by atoms with van der Waals surface area (Å²) in [5, 5.41) is -0.255. The molecule has 0 spiro atoms. The average molecular weight is 369 g/mol. The third kappa shape index (κ3) is 2.54. The topological polar surface area (TPSA) is 30.2 Å². The van der Waals surface area contributed by atoms with Crippen LogP contribution in [-0.2, 0) is 6.18 Å². The summed E-state index contributed by atoms with van der Waals surface area (Å²) in [6.45, 7) is 0. The van der Waals surface area contributed by atoms with Gasteiger partial charge in [0.2, 0.25) is 0 Å². The van der Waals surface area contributed by atoms with Crippen molar-refractivity contribution in [2.45, 2.75) is 6.18 Å². The van der Waals surface area contributed by atoms with Crippen LogP contribution in [0.2, 0.25) is 0 Å². The smallest absolute Gasteiger partial charge is 0.420 e. The highest BCUT2D eigenvalue weighted by atomic mass is 79.9. The molecule has 2 nitrogen and oxygen atoms in total. The van der Waals surface area contributed by atoms with Crippen LogP contribution in [0.15, 0.2) is 62.2 Å². The second-order valence-corrected chi connectivity index (χ2v) is 5.56. The van der Waals surface area contributed by atoms with Crippen molar-refractivity contribution in [2.24, 2.45) is 0 Å². The standard InChI is InChI=1S/C16H8BrF3O2/c17-10-5-3-4-9(8-10)14-13(16(18,19)20)11-6-1-2-7-12(11)15(21)22-14/h1-8H. The summed E-state index contributed by atoms with van der Waals surface area (Å²) in [5.74, 6) is -0.475. The van der Waals surface area contributed by atoms with E-state index in [1.54, 1.807) is 12.1 Å². The molecule has 6 heteroatoms. The lowest BCUT2D eigenvalue weighted by Crippen LogP contribution is -2.13. The van der Waals surface area contributed by atoms with Crippen LogP contribution >= 0.6 is 15.9 Å².